The Kier molecular flexibility index (Phi) is 4.01. The molecular weight excluding hydrogens is 186 g/mol. The first kappa shape index (κ1) is 11.9. The van der Waals surface area contributed by atoms with E-state index in [1.807, 2.05) is 0 Å². The van der Waals surface area contributed by atoms with Crippen LogP contribution in [0.15, 0.2) is 12.1 Å². The van der Waals surface area contributed by atoms with Crippen LogP contribution < -0.4 is 10.1 Å². The third kappa shape index (κ3) is 2.88. The summed E-state index contributed by atoms with van der Waals surface area (Å²) >= 11 is 0. The number of ether oxygens (including phenoxy) is 1. The Morgan fingerprint density at radius 2 is 1.80 bits per heavy atom. The van der Waals surface area contributed by atoms with Gasteiger partial charge in [-0.1, -0.05) is 12.1 Å². The lowest BCUT2D eigenvalue weighted by Crippen LogP contribution is -2.10. The van der Waals surface area contributed by atoms with E-state index in [4.69, 9.17) is 4.74 Å². The SMILES string of the molecule is CCNc1c(C)ccc(C)c1OC(C)C. The summed E-state index contributed by atoms with van der Waals surface area (Å²) in [6.45, 7) is 11.3. The van der Waals surface area contributed by atoms with E-state index in [0.717, 1.165) is 18.0 Å². The second kappa shape index (κ2) is 5.06. The van der Waals surface area contributed by atoms with E-state index in [9.17, 15) is 0 Å². The van der Waals surface area contributed by atoms with Gasteiger partial charge in [-0.25, -0.2) is 0 Å². The van der Waals surface area contributed by atoms with E-state index in [-0.39, 0.29) is 6.10 Å². The highest BCUT2D eigenvalue weighted by atomic mass is 16.5. The van der Waals surface area contributed by atoms with Crippen LogP contribution in [0.4, 0.5) is 5.69 Å². The summed E-state index contributed by atoms with van der Waals surface area (Å²) in [5.74, 6) is 0.992. The van der Waals surface area contributed by atoms with E-state index >= 15 is 0 Å². The molecule has 0 unspecified atom stereocenters. The first-order valence-electron chi connectivity index (χ1n) is 5.57. The van der Waals surface area contributed by atoms with E-state index in [1.165, 1.54) is 11.1 Å². The fraction of sp³-hybridized carbons (Fsp3) is 0.538. The van der Waals surface area contributed by atoms with Gasteiger partial charge in [0.25, 0.3) is 0 Å². The van der Waals surface area contributed by atoms with Gasteiger partial charge in [-0.3, -0.25) is 0 Å². The van der Waals surface area contributed by atoms with Gasteiger partial charge in [-0.15, -0.1) is 0 Å². The molecule has 0 radical (unpaired) electrons. The molecule has 1 aromatic rings. The lowest BCUT2D eigenvalue weighted by Gasteiger charge is -2.19. The largest absolute Gasteiger partial charge is 0.489 e. The van der Waals surface area contributed by atoms with Gasteiger partial charge < -0.3 is 10.1 Å². The van der Waals surface area contributed by atoms with Crippen molar-refractivity contribution in [3.05, 3.63) is 23.3 Å². The van der Waals surface area contributed by atoms with Crippen LogP contribution in [0.25, 0.3) is 0 Å². The minimum atomic E-state index is 0.211. The molecule has 1 aromatic carbocycles. The van der Waals surface area contributed by atoms with E-state index in [2.05, 4.69) is 52.1 Å². The molecule has 0 amide bonds. The Morgan fingerprint density at radius 3 is 2.33 bits per heavy atom. The van der Waals surface area contributed by atoms with Crippen LogP contribution in [0.1, 0.15) is 31.9 Å². The molecular formula is C13H21NO. The second-order valence-corrected chi connectivity index (χ2v) is 4.10. The Hall–Kier alpha value is -1.18. The Balaban J connectivity index is 3.12. The minimum absolute atomic E-state index is 0.211. The van der Waals surface area contributed by atoms with Crippen LogP contribution in [0.3, 0.4) is 0 Å². The van der Waals surface area contributed by atoms with Crippen molar-refractivity contribution in [3.63, 3.8) is 0 Å². The number of nitrogens with one attached hydrogen (secondary N) is 1. The third-order valence-corrected chi connectivity index (χ3v) is 2.27. The van der Waals surface area contributed by atoms with Crippen molar-refractivity contribution in [3.8, 4) is 5.75 Å². The monoisotopic (exact) mass is 207 g/mol. The highest BCUT2D eigenvalue weighted by Crippen LogP contribution is 2.32. The maximum Gasteiger partial charge on any atom is 0.145 e. The molecule has 15 heavy (non-hydrogen) atoms. The standard InChI is InChI=1S/C13H21NO/c1-6-14-12-10(4)7-8-11(5)13(12)15-9(2)3/h7-9,14H,6H2,1-5H3. The predicted molar refractivity (Wildman–Crippen MR) is 65.8 cm³/mol. The molecule has 0 fully saturated rings. The fourth-order valence-electron chi connectivity index (χ4n) is 1.57. The van der Waals surface area contributed by atoms with Gasteiger partial charge in [-0.05, 0) is 45.7 Å². The molecule has 0 aliphatic carbocycles. The Bertz CT molecular complexity index is 332. The van der Waals surface area contributed by atoms with E-state index < -0.39 is 0 Å². The number of rotatable bonds is 4. The number of aryl methyl sites for hydroxylation is 2. The molecule has 0 aromatic heterocycles. The van der Waals surface area contributed by atoms with Gasteiger partial charge in [0.2, 0.25) is 0 Å². The summed E-state index contributed by atoms with van der Waals surface area (Å²) in [6, 6.07) is 4.23. The average molecular weight is 207 g/mol. The Morgan fingerprint density at radius 1 is 1.20 bits per heavy atom. The summed E-state index contributed by atoms with van der Waals surface area (Å²) in [6.07, 6.45) is 0.211. The van der Waals surface area contributed by atoms with Gasteiger partial charge in [0.15, 0.2) is 0 Å². The molecule has 84 valence electrons. The van der Waals surface area contributed by atoms with Crippen molar-refractivity contribution < 1.29 is 4.74 Å². The fourth-order valence-corrected chi connectivity index (χ4v) is 1.57. The zero-order chi connectivity index (χ0) is 11.4. The van der Waals surface area contributed by atoms with Gasteiger partial charge in [0, 0.05) is 6.54 Å². The molecule has 0 atom stereocenters. The summed E-state index contributed by atoms with van der Waals surface area (Å²) in [5.41, 5.74) is 3.55. The number of hydrogen-bond acceptors (Lipinski definition) is 2. The molecule has 2 nitrogen and oxygen atoms in total. The van der Waals surface area contributed by atoms with Gasteiger partial charge in [0.1, 0.15) is 5.75 Å². The lowest BCUT2D eigenvalue weighted by atomic mass is 10.1. The molecule has 1 rings (SSSR count). The normalized spacial score (nSPS) is 10.5. The summed E-state index contributed by atoms with van der Waals surface area (Å²) < 4.78 is 5.85. The lowest BCUT2D eigenvalue weighted by molar-refractivity contribution is 0.242. The van der Waals surface area contributed by atoms with E-state index in [1.54, 1.807) is 0 Å². The number of anilines is 1. The van der Waals surface area contributed by atoms with Crippen molar-refractivity contribution in [2.75, 3.05) is 11.9 Å². The van der Waals surface area contributed by atoms with Crippen molar-refractivity contribution in [1.29, 1.82) is 0 Å². The molecule has 0 saturated carbocycles. The van der Waals surface area contributed by atoms with Crippen LogP contribution >= 0.6 is 0 Å². The first-order valence-corrected chi connectivity index (χ1v) is 5.57. The van der Waals surface area contributed by atoms with Crippen LogP contribution in [0.5, 0.6) is 5.75 Å². The quantitative estimate of drug-likeness (QED) is 0.815. The molecule has 2 heteroatoms. The Labute approximate surface area is 92.6 Å². The summed E-state index contributed by atoms with van der Waals surface area (Å²) in [5, 5.41) is 3.37. The molecule has 0 bridgehead atoms. The van der Waals surface area contributed by atoms with Crippen molar-refractivity contribution in [2.45, 2.75) is 40.7 Å². The van der Waals surface area contributed by atoms with Gasteiger partial charge in [-0.2, -0.15) is 0 Å². The average Bonchev–Trinajstić information content (AvgIpc) is 2.17. The van der Waals surface area contributed by atoms with Gasteiger partial charge >= 0.3 is 0 Å². The minimum Gasteiger partial charge on any atom is -0.489 e. The molecule has 0 aliphatic rings. The van der Waals surface area contributed by atoms with Crippen LogP contribution in [-0.2, 0) is 0 Å². The van der Waals surface area contributed by atoms with Gasteiger partial charge in [0.05, 0.1) is 11.8 Å². The van der Waals surface area contributed by atoms with Crippen LogP contribution in [-0.4, -0.2) is 12.6 Å². The van der Waals surface area contributed by atoms with Crippen LogP contribution in [0.2, 0.25) is 0 Å². The topological polar surface area (TPSA) is 21.3 Å². The summed E-state index contributed by atoms with van der Waals surface area (Å²) in [4.78, 5) is 0. The first-order chi connectivity index (χ1) is 7.06. The van der Waals surface area contributed by atoms with Crippen molar-refractivity contribution >= 4 is 5.69 Å². The summed E-state index contributed by atoms with van der Waals surface area (Å²) in [7, 11) is 0. The molecule has 0 spiro atoms. The highest BCUT2D eigenvalue weighted by molar-refractivity contribution is 5.64. The number of benzene rings is 1. The number of hydrogen-bond donors (Lipinski definition) is 1. The molecule has 0 aliphatic heterocycles. The highest BCUT2D eigenvalue weighted by Gasteiger charge is 2.10. The smallest absolute Gasteiger partial charge is 0.145 e. The zero-order valence-electron chi connectivity index (χ0n) is 10.3. The maximum absolute atomic E-state index is 5.85. The predicted octanol–water partition coefficient (Wildman–Crippen LogP) is 3.52. The molecule has 0 saturated heterocycles. The molecule has 0 heterocycles. The van der Waals surface area contributed by atoms with E-state index in [0.29, 0.717) is 0 Å². The zero-order valence-corrected chi connectivity index (χ0v) is 10.3. The van der Waals surface area contributed by atoms with Crippen molar-refractivity contribution in [2.24, 2.45) is 0 Å². The third-order valence-electron chi connectivity index (χ3n) is 2.27. The van der Waals surface area contributed by atoms with Crippen LogP contribution in [0, 0.1) is 13.8 Å². The second-order valence-electron chi connectivity index (χ2n) is 4.10. The molecule has 1 N–H and O–H groups in total. The maximum atomic E-state index is 5.85. The van der Waals surface area contributed by atoms with Crippen molar-refractivity contribution in [1.82, 2.24) is 0 Å².